The third-order valence-electron chi connectivity index (χ3n) is 3.40. The van der Waals surface area contributed by atoms with E-state index in [1.165, 1.54) is 7.11 Å². The lowest BCUT2D eigenvalue weighted by Gasteiger charge is -2.22. The average molecular weight is 329 g/mol. The normalized spacial score (nSPS) is 12.8. The molecule has 0 aliphatic rings. The van der Waals surface area contributed by atoms with Crippen LogP contribution in [-0.4, -0.2) is 30.3 Å². The third kappa shape index (κ3) is 4.82. The van der Waals surface area contributed by atoms with Crippen molar-refractivity contribution in [1.82, 2.24) is 5.32 Å². The van der Waals surface area contributed by atoms with Gasteiger partial charge in [0.1, 0.15) is 12.7 Å². The molecule has 2 N–H and O–H groups in total. The van der Waals surface area contributed by atoms with Crippen LogP contribution in [0.4, 0.5) is 4.79 Å². The summed E-state index contributed by atoms with van der Waals surface area (Å²) >= 11 is 0. The zero-order valence-electron chi connectivity index (χ0n) is 13.2. The van der Waals surface area contributed by atoms with E-state index >= 15 is 0 Å². The van der Waals surface area contributed by atoms with Crippen LogP contribution in [0.15, 0.2) is 60.7 Å². The number of methoxy groups -OCH3 is 1. The topological polar surface area (TPSA) is 84.9 Å². The van der Waals surface area contributed by atoms with E-state index in [0.717, 1.165) is 5.56 Å². The highest BCUT2D eigenvalue weighted by Gasteiger charge is 2.31. The maximum atomic E-state index is 11.9. The molecule has 0 aliphatic heterocycles. The number of hydrogen-bond donors (Lipinski definition) is 2. The minimum atomic E-state index is -1.26. The van der Waals surface area contributed by atoms with E-state index in [0.29, 0.717) is 5.56 Å². The second-order valence-corrected chi connectivity index (χ2v) is 5.06. The Morgan fingerprint density at radius 3 is 2.21 bits per heavy atom. The van der Waals surface area contributed by atoms with E-state index in [9.17, 15) is 14.7 Å². The molecule has 2 rings (SSSR count). The molecule has 2 atom stereocenters. The molecule has 24 heavy (non-hydrogen) atoms. The first-order valence-corrected chi connectivity index (χ1v) is 7.40. The van der Waals surface area contributed by atoms with Crippen molar-refractivity contribution in [3.63, 3.8) is 0 Å². The van der Waals surface area contributed by atoms with E-state index in [1.54, 1.807) is 30.3 Å². The Morgan fingerprint density at radius 1 is 1.04 bits per heavy atom. The molecule has 0 heterocycles. The summed E-state index contributed by atoms with van der Waals surface area (Å²) < 4.78 is 9.72. The van der Waals surface area contributed by atoms with Crippen molar-refractivity contribution in [2.75, 3.05) is 7.11 Å². The Bertz CT molecular complexity index is 660. The van der Waals surface area contributed by atoms with Crippen LogP contribution in [-0.2, 0) is 20.9 Å². The fraction of sp³-hybridized carbons (Fsp3) is 0.222. The Kier molecular flexibility index (Phi) is 6.33. The molecule has 126 valence electrons. The van der Waals surface area contributed by atoms with Gasteiger partial charge in [-0.05, 0) is 11.1 Å². The molecule has 0 radical (unpaired) electrons. The zero-order chi connectivity index (χ0) is 17.4. The standard InChI is InChI=1S/C18H19NO5/c1-23-17(21)15(16(20)14-10-6-3-7-11-14)19-18(22)24-12-13-8-4-2-5-9-13/h2-11,15-16,20H,12H2,1H3,(H,19,22)/t15-,16+/m1/s1. The van der Waals surface area contributed by atoms with Crippen molar-refractivity contribution in [3.05, 3.63) is 71.8 Å². The summed E-state index contributed by atoms with van der Waals surface area (Å²) in [6.45, 7) is 0.0575. The Labute approximate surface area is 140 Å². The first-order chi connectivity index (χ1) is 11.6. The van der Waals surface area contributed by atoms with Crippen molar-refractivity contribution in [2.45, 2.75) is 18.8 Å². The Morgan fingerprint density at radius 2 is 1.62 bits per heavy atom. The number of ether oxygens (including phenoxy) is 2. The van der Waals surface area contributed by atoms with Crippen LogP contribution in [0.5, 0.6) is 0 Å². The Hall–Kier alpha value is -2.86. The number of hydrogen-bond acceptors (Lipinski definition) is 5. The predicted octanol–water partition coefficient (Wildman–Crippen LogP) is 2.19. The van der Waals surface area contributed by atoms with E-state index in [2.05, 4.69) is 10.1 Å². The summed E-state index contributed by atoms with van der Waals surface area (Å²) in [4.78, 5) is 23.8. The predicted molar refractivity (Wildman–Crippen MR) is 87.0 cm³/mol. The van der Waals surface area contributed by atoms with Crippen LogP contribution in [0, 0.1) is 0 Å². The van der Waals surface area contributed by atoms with E-state index < -0.39 is 24.2 Å². The van der Waals surface area contributed by atoms with Crippen molar-refractivity contribution in [3.8, 4) is 0 Å². The maximum absolute atomic E-state index is 11.9. The molecule has 0 fully saturated rings. The second-order valence-electron chi connectivity index (χ2n) is 5.06. The third-order valence-corrected chi connectivity index (χ3v) is 3.40. The fourth-order valence-electron chi connectivity index (χ4n) is 2.13. The van der Waals surface area contributed by atoms with Crippen LogP contribution in [0.2, 0.25) is 0 Å². The van der Waals surface area contributed by atoms with Crippen molar-refractivity contribution >= 4 is 12.1 Å². The van der Waals surface area contributed by atoms with Crippen LogP contribution < -0.4 is 5.32 Å². The van der Waals surface area contributed by atoms with Crippen molar-refractivity contribution < 1.29 is 24.2 Å². The minimum absolute atomic E-state index is 0.0575. The quantitative estimate of drug-likeness (QED) is 0.794. The number of aliphatic hydroxyl groups excluding tert-OH is 1. The van der Waals surface area contributed by atoms with Gasteiger partial charge in [0, 0.05) is 0 Å². The molecule has 0 saturated heterocycles. The first kappa shape index (κ1) is 17.5. The molecule has 0 aliphatic carbocycles. The van der Waals surface area contributed by atoms with Crippen LogP contribution in [0.3, 0.4) is 0 Å². The fourth-order valence-corrected chi connectivity index (χ4v) is 2.13. The molecule has 2 aromatic carbocycles. The van der Waals surface area contributed by atoms with Gasteiger partial charge in [-0.1, -0.05) is 60.7 Å². The largest absolute Gasteiger partial charge is 0.467 e. The van der Waals surface area contributed by atoms with Gasteiger partial charge in [-0.15, -0.1) is 0 Å². The molecule has 0 saturated carbocycles. The lowest BCUT2D eigenvalue weighted by atomic mass is 10.0. The number of benzene rings is 2. The number of carbonyl (C=O) groups excluding carboxylic acids is 2. The van der Waals surface area contributed by atoms with E-state index in [4.69, 9.17) is 4.74 Å². The van der Waals surface area contributed by atoms with E-state index in [-0.39, 0.29) is 6.61 Å². The van der Waals surface area contributed by atoms with Crippen LogP contribution in [0.25, 0.3) is 0 Å². The highest BCUT2D eigenvalue weighted by Crippen LogP contribution is 2.17. The van der Waals surface area contributed by atoms with Crippen LogP contribution in [0.1, 0.15) is 17.2 Å². The smallest absolute Gasteiger partial charge is 0.408 e. The lowest BCUT2D eigenvalue weighted by Crippen LogP contribution is -2.45. The highest BCUT2D eigenvalue weighted by atomic mass is 16.6. The molecule has 0 aromatic heterocycles. The van der Waals surface area contributed by atoms with Gasteiger partial charge in [0.05, 0.1) is 7.11 Å². The number of nitrogens with one attached hydrogen (secondary N) is 1. The second kappa shape index (κ2) is 8.69. The van der Waals surface area contributed by atoms with Crippen LogP contribution >= 0.6 is 0 Å². The number of rotatable bonds is 6. The average Bonchev–Trinajstić information content (AvgIpc) is 2.65. The minimum Gasteiger partial charge on any atom is -0.467 e. The summed E-state index contributed by atoms with van der Waals surface area (Å²) in [7, 11) is 1.18. The monoisotopic (exact) mass is 329 g/mol. The molecule has 0 bridgehead atoms. The molecule has 0 spiro atoms. The maximum Gasteiger partial charge on any atom is 0.408 e. The highest BCUT2D eigenvalue weighted by molar-refractivity contribution is 5.82. The van der Waals surface area contributed by atoms with Gasteiger partial charge in [0.15, 0.2) is 6.04 Å². The molecule has 1 amide bonds. The molecule has 6 heteroatoms. The van der Waals surface area contributed by atoms with Gasteiger partial charge in [-0.2, -0.15) is 0 Å². The molecular weight excluding hydrogens is 310 g/mol. The molecule has 0 unspecified atom stereocenters. The van der Waals surface area contributed by atoms with Crippen molar-refractivity contribution in [1.29, 1.82) is 0 Å². The number of alkyl carbamates (subject to hydrolysis) is 1. The summed E-state index contributed by atoms with van der Waals surface area (Å²) in [5, 5.41) is 12.7. The summed E-state index contributed by atoms with van der Waals surface area (Å²) in [6, 6.07) is 16.4. The number of aliphatic hydroxyl groups is 1. The number of esters is 1. The lowest BCUT2D eigenvalue weighted by molar-refractivity contribution is -0.146. The molecular formula is C18H19NO5. The number of amides is 1. The first-order valence-electron chi connectivity index (χ1n) is 7.40. The summed E-state index contributed by atoms with van der Waals surface area (Å²) in [6.07, 6.45) is -2.06. The van der Waals surface area contributed by atoms with Gasteiger partial charge in [0.25, 0.3) is 0 Å². The van der Waals surface area contributed by atoms with Gasteiger partial charge in [-0.3, -0.25) is 0 Å². The van der Waals surface area contributed by atoms with Crippen molar-refractivity contribution in [2.24, 2.45) is 0 Å². The van der Waals surface area contributed by atoms with E-state index in [1.807, 2.05) is 30.3 Å². The zero-order valence-corrected chi connectivity index (χ0v) is 13.2. The van der Waals surface area contributed by atoms with Gasteiger partial charge in [-0.25, -0.2) is 9.59 Å². The molecule has 6 nitrogen and oxygen atoms in total. The summed E-state index contributed by atoms with van der Waals surface area (Å²) in [5.74, 6) is -0.761. The number of carbonyl (C=O) groups is 2. The molecule has 2 aromatic rings. The van der Waals surface area contributed by atoms with Gasteiger partial charge >= 0.3 is 12.1 Å². The van der Waals surface area contributed by atoms with Gasteiger partial charge < -0.3 is 19.9 Å². The Balaban J connectivity index is 2.00. The summed E-state index contributed by atoms with van der Waals surface area (Å²) in [5.41, 5.74) is 1.29. The SMILES string of the molecule is COC(=O)[C@H](NC(=O)OCc1ccccc1)[C@@H](O)c1ccccc1. The van der Waals surface area contributed by atoms with Gasteiger partial charge in [0.2, 0.25) is 0 Å².